The highest BCUT2D eigenvalue weighted by molar-refractivity contribution is 5.94. The number of benzene rings is 1. The van der Waals surface area contributed by atoms with Gasteiger partial charge in [0.1, 0.15) is 17.2 Å². The highest BCUT2D eigenvalue weighted by Gasteiger charge is 2.26. The summed E-state index contributed by atoms with van der Waals surface area (Å²) in [6.45, 7) is 2.05. The predicted molar refractivity (Wildman–Crippen MR) is 71.0 cm³/mol. The van der Waals surface area contributed by atoms with E-state index in [1.807, 2.05) is 4.90 Å². The van der Waals surface area contributed by atoms with Gasteiger partial charge in [-0.15, -0.1) is 0 Å². The van der Waals surface area contributed by atoms with Crippen molar-refractivity contribution in [3.8, 4) is 0 Å². The van der Waals surface area contributed by atoms with Crippen molar-refractivity contribution in [1.82, 2.24) is 9.80 Å². The largest absolute Gasteiger partial charge is 0.481 e. The first kappa shape index (κ1) is 15.4. The maximum atomic E-state index is 13.6. The summed E-state index contributed by atoms with van der Waals surface area (Å²) in [5.74, 6) is -3.27. The molecule has 1 fully saturated rings. The first-order valence-corrected chi connectivity index (χ1v) is 6.66. The predicted octanol–water partition coefficient (Wildman–Crippen LogP) is 1.20. The zero-order valence-electron chi connectivity index (χ0n) is 11.4. The molecule has 0 aliphatic carbocycles. The highest BCUT2D eigenvalue weighted by Crippen LogP contribution is 2.16. The molecule has 0 aromatic heterocycles. The summed E-state index contributed by atoms with van der Waals surface area (Å²) in [7, 11) is 0. The third-order valence-corrected chi connectivity index (χ3v) is 3.48. The van der Waals surface area contributed by atoms with E-state index in [9.17, 15) is 18.4 Å². The van der Waals surface area contributed by atoms with E-state index < -0.39 is 29.1 Å². The zero-order valence-corrected chi connectivity index (χ0v) is 11.4. The van der Waals surface area contributed by atoms with Gasteiger partial charge in [0.2, 0.25) is 0 Å². The summed E-state index contributed by atoms with van der Waals surface area (Å²) in [4.78, 5) is 25.9. The van der Waals surface area contributed by atoms with Crippen LogP contribution in [-0.2, 0) is 4.79 Å². The van der Waals surface area contributed by atoms with E-state index in [4.69, 9.17) is 5.11 Å². The molecule has 2 rings (SSSR count). The number of rotatable bonds is 4. The number of halogens is 2. The molecule has 7 heteroatoms. The number of carboxylic acids is 1. The highest BCUT2D eigenvalue weighted by atomic mass is 19.1. The molecule has 5 nitrogen and oxygen atoms in total. The minimum atomic E-state index is -0.873. The molecule has 1 heterocycles. The normalized spacial score (nSPS) is 16.0. The van der Waals surface area contributed by atoms with Gasteiger partial charge in [0.05, 0.1) is 6.42 Å². The Morgan fingerprint density at radius 1 is 1.10 bits per heavy atom. The number of amides is 1. The van der Waals surface area contributed by atoms with Crippen LogP contribution in [0.2, 0.25) is 0 Å². The number of hydrogen-bond donors (Lipinski definition) is 1. The average molecular weight is 298 g/mol. The maximum absolute atomic E-state index is 13.6. The Hall–Kier alpha value is -2.02. The molecule has 1 saturated heterocycles. The molecule has 0 saturated carbocycles. The number of carbonyl (C=O) groups is 2. The first-order chi connectivity index (χ1) is 9.99. The van der Waals surface area contributed by atoms with Gasteiger partial charge in [0.15, 0.2) is 0 Å². The number of nitrogens with zero attached hydrogens (tertiary/aromatic N) is 2. The van der Waals surface area contributed by atoms with E-state index in [1.165, 1.54) is 11.0 Å². The molecule has 114 valence electrons. The van der Waals surface area contributed by atoms with Crippen LogP contribution in [0.4, 0.5) is 8.78 Å². The van der Waals surface area contributed by atoms with Crippen molar-refractivity contribution in [3.05, 3.63) is 35.4 Å². The fourth-order valence-corrected chi connectivity index (χ4v) is 2.29. The number of carboxylic acid groups (broad SMARTS) is 1. The van der Waals surface area contributed by atoms with Crippen LogP contribution in [0, 0.1) is 11.6 Å². The van der Waals surface area contributed by atoms with Gasteiger partial charge in [-0.25, -0.2) is 8.78 Å². The smallest absolute Gasteiger partial charge is 0.304 e. The standard InChI is InChI=1S/C14H16F2N2O3/c15-10-2-1-3-11(16)13(10)14(21)18-8-6-17(7-9-18)5-4-12(19)20/h1-3H,4-9H2,(H,19,20). The van der Waals surface area contributed by atoms with Crippen molar-refractivity contribution in [2.45, 2.75) is 6.42 Å². The Bertz CT molecular complexity index is 523. The second kappa shape index (κ2) is 6.62. The van der Waals surface area contributed by atoms with Gasteiger partial charge in [-0.3, -0.25) is 14.5 Å². The Kier molecular flexibility index (Phi) is 4.85. The first-order valence-electron chi connectivity index (χ1n) is 6.66. The van der Waals surface area contributed by atoms with E-state index in [0.29, 0.717) is 32.7 Å². The lowest BCUT2D eigenvalue weighted by Gasteiger charge is -2.34. The van der Waals surface area contributed by atoms with Gasteiger partial charge in [0.25, 0.3) is 5.91 Å². The van der Waals surface area contributed by atoms with Crippen molar-refractivity contribution in [2.75, 3.05) is 32.7 Å². The molecular weight excluding hydrogens is 282 g/mol. The lowest BCUT2D eigenvalue weighted by molar-refractivity contribution is -0.137. The minimum absolute atomic E-state index is 0.0376. The van der Waals surface area contributed by atoms with Gasteiger partial charge < -0.3 is 10.0 Å². The van der Waals surface area contributed by atoms with Gasteiger partial charge in [0, 0.05) is 32.7 Å². The van der Waals surface area contributed by atoms with E-state index in [0.717, 1.165) is 12.1 Å². The summed E-state index contributed by atoms with van der Waals surface area (Å²) >= 11 is 0. The van der Waals surface area contributed by atoms with Crippen molar-refractivity contribution < 1.29 is 23.5 Å². The van der Waals surface area contributed by atoms with Gasteiger partial charge in [-0.05, 0) is 12.1 Å². The van der Waals surface area contributed by atoms with Crippen LogP contribution in [-0.4, -0.2) is 59.5 Å². The van der Waals surface area contributed by atoms with Crippen LogP contribution >= 0.6 is 0 Å². The Balaban J connectivity index is 1.96. The summed E-state index contributed by atoms with van der Waals surface area (Å²) in [6.07, 6.45) is 0.0376. The second-order valence-corrected chi connectivity index (χ2v) is 4.87. The Labute approximate surface area is 120 Å². The molecule has 1 N–H and O–H groups in total. The molecule has 1 aromatic rings. The number of piperazine rings is 1. The van der Waals surface area contributed by atoms with Crippen LogP contribution in [0.1, 0.15) is 16.8 Å². The maximum Gasteiger partial charge on any atom is 0.304 e. The quantitative estimate of drug-likeness (QED) is 0.907. The molecule has 21 heavy (non-hydrogen) atoms. The summed E-state index contributed by atoms with van der Waals surface area (Å²) in [5, 5.41) is 8.62. The van der Waals surface area contributed by atoms with E-state index in [2.05, 4.69) is 0 Å². The molecule has 1 aliphatic rings. The Morgan fingerprint density at radius 2 is 1.67 bits per heavy atom. The molecule has 1 aliphatic heterocycles. The SMILES string of the molecule is O=C(O)CCN1CCN(C(=O)c2c(F)cccc2F)CC1. The second-order valence-electron chi connectivity index (χ2n) is 4.87. The fourth-order valence-electron chi connectivity index (χ4n) is 2.29. The molecule has 0 radical (unpaired) electrons. The average Bonchev–Trinajstić information content (AvgIpc) is 2.45. The van der Waals surface area contributed by atoms with Crippen LogP contribution in [0.3, 0.4) is 0 Å². The summed E-state index contributed by atoms with van der Waals surface area (Å²) in [6, 6.07) is 3.32. The summed E-state index contributed by atoms with van der Waals surface area (Å²) < 4.78 is 27.2. The van der Waals surface area contributed by atoms with Crippen LogP contribution in [0.25, 0.3) is 0 Å². The molecule has 0 atom stereocenters. The monoisotopic (exact) mass is 298 g/mol. The molecule has 1 aromatic carbocycles. The number of aliphatic carboxylic acids is 1. The number of carbonyl (C=O) groups excluding carboxylic acids is 1. The van der Waals surface area contributed by atoms with Crippen molar-refractivity contribution in [1.29, 1.82) is 0 Å². The third-order valence-electron chi connectivity index (χ3n) is 3.48. The fraction of sp³-hybridized carbons (Fsp3) is 0.429. The molecule has 0 unspecified atom stereocenters. The molecule has 0 bridgehead atoms. The lowest BCUT2D eigenvalue weighted by atomic mass is 10.1. The molecule has 1 amide bonds. The van der Waals surface area contributed by atoms with E-state index in [1.54, 1.807) is 0 Å². The van der Waals surface area contributed by atoms with Gasteiger partial charge in [-0.1, -0.05) is 6.07 Å². The van der Waals surface area contributed by atoms with Gasteiger partial charge in [-0.2, -0.15) is 0 Å². The van der Waals surface area contributed by atoms with Crippen molar-refractivity contribution >= 4 is 11.9 Å². The van der Waals surface area contributed by atoms with Crippen LogP contribution < -0.4 is 0 Å². The van der Waals surface area contributed by atoms with Crippen molar-refractivity contribution in [2.24, 2.45) is 0 Å². The van der Waals surface area contributed by atoms with Crippen LogP contribution in [0.5, 0.6) is 0 Å². The zero-order chi connectivity index (χ0) is 15.4. The summed E-state index contributed by atoms with van der Waals surface area (Å²) in [5.41, 5.74) is -0.531. The van der Waals surface area contributed by atoms with E-state index in [-0.39, 0.29) is 6.42 Å². The minimum Gasteiger partial charge on any atom is -0.481 e. The molecule has 0 spiro atoms. The lowest BCUT2D eigenvalue weighted by Crippen LogP contribution is -2.49. The third kappa shape index (κ3) is 3.75. The van der Waals surface area contributed by atoms with E-state index >= 15 is 0 Å². The topological polar surface area (TPSA) is 60.9 Å². The van der Waals surface area contributed by atoms with Gasteiger partial charge >= 0.3 is 5.97 Å². The van der Waals surface area contributed by atoms with Crippen LogP contribution in [0.15, 0.2) is 18.2 Å². The molecular formula is C14H16F2N2O3. The number of hydrogen-bond acceptors (Lipinski definition) is 3. The van der Waals surface area contributed by atoms with Crippen molar-refractivity contribution in [3.63, 3.8) is 0 Å². The Morgan fingerprint density at radius 3 is 2.19 bits per heavy atom.